The van der Waals surface area contributed by atoms with Gasteiger partial charge in [0.1, 0.15) is 0 Å². The minimum Gasteiger partial charge on any atom is 2.00 e. The molecule has 0 fully saturated rings. The number of hydrogen-bond donors (Lipinski definition) is 0. The van der Waals surface area contributed by atoms with Crippen LogP contribution in [0.3, 0.4) is 0 Å². The van der Waals surface area contributed by atoms with Crippen LogP contribution in [-0.2, 0) is 0 Å². The molecule has 4 heteroatoms. The van der Waals surface area contributed by atoms with Gasteiger partial charge in [0.25, 0.3) is 0 Å². The molecule has 0 radical (unpaired) electrons. The van der Waals surface area contributed by atoms with Gasteiger partial charge in [0.2, 0.25) is 0 Å². The van der Waals surface area contributed by atoms with Gasteiger partial charge >= 0.3 is 74.4 Å². The number of rotatable bonds is 0. The van der Waals surface area contributed by atoms with Crippen LogP contribution < -0.4 is 24.8 Å². The summed E-state index contributed by atoms with van der Waals surface area (Å²) in [5.41, 5.74) is 0. The molecule has 0 aromatic rings. The van der Waals surface area contributed by atoms with E-state index < -0.39 is 0 Å². The summed E-state index contributed by atoms with van der Waals surface area (Å²) in [7, 11) is 0. The van der Waals surface area contributed by atoms with Crippen molar-refractivity contribution in [3.05, 3.63) is 0 Å². The maximum absolute atomic E-state index is 0. The summed E-state index contributed by atoms with van der Waals surface area (Å²) >= 11 is 0. The zero-order valence-corrected chi connectivity index (χ0v) is 4.39. The van der Waals surface area contributed by atoms with Crippen LogP contribution >= 0.6 is 0 Å². The van der Waals surface area contributed by atoms with Gasteiger partial charge in [-0.2, -0.15) is 0 Å². The van der Waals surface area contributed by atoms with Crippen LogP contribution in [0.25, 0.3) is 0 Å². The van der Waals surface area contributed by atoms with Gasteiger partial charge in [-0.25, -0.2) is 0 Å². The van der Waals surface area contributed by atoms with Crippen molar-refractivity contribution in [1.29, 1.82) is 0 Å². The average molecular weight is 135 g/mol. The van der Waals surface area contributed by atoms with Crippen molar-refractivity contribution in [3.8, 4) is 0 Å². The summed E-state index contributed by atoms with van der Waals surface area (Å²) < 4.78 is 0. The summed E-state index contributed by atoms with van der Waals surface area (Å²) in [5, 5.41) is 0. The number of halogens is 2. The maximum Gasteiger partial charge on any atom is 2.00 e. The summed E-state index contributed by atoms with van der Waals surface area (Å²) in [6.07, 6.45) is 0. The standard InChI is InChI=1S/2ClH.K.Mg.H/h2*1H;;;/q;;;+2;/p-2. The fourth-order valence-corrected chi connectivity index (χ4v) is 0. The zero-order valence-electron chi connectivity index (χ0n) is 1.46. The van der Waals surface area contributed by atoms with E-state index in [-0.39, 0.29) is 99.3 Å². The van der Waals surface area contributed by atoms with Crippen molar-refractivity contribution >= 4 is 74.4 Å². The molecule has 0 aliphatic carbocycles. The minimum atomic E-state index is 0. The molecule has 0 heterocycles. The molecule has 0 amide bonds. The fraction of sp³-hybridized carbons (Fsp3) is 0. The molecule has 0 aliphatic heterocycles. The van der Waals surface area contributed by atoms with Gasteiger partial charge in [-0.3, -0.25) is 0 Å². The van der Waals surface area contributed by atoms with Crippen LogP contribution in [-0.4, -0.2) is 74.4 Å². The first-order chi connectivity index (χ1) is 0. The molecule has 0 rings (SSSR count). The molecule has 4 heavy (non-hydrogen) atoms. The molecule has 0 bridgehead atoms. The average Bonchev–Trinajstić information content (AvgIpc) is 0. The van der Waals surface area contributed by atoms with Gasteiger partial charge in [-0.1, -0.05) is 0 Å². The molecule has 0 aromatic carbocycles. The van der Waals surface area contributed by atoms with E-state index >= 15 is 0 Å². The molecule has 0 aliphatic rings. The minimum absolute atomic E-state index is 0. The van der Waals surface area contributed by atoms with E-state index in [9.17, 15) is 0 Å². The third-order valence-electron chi connectivity index (χ3n) is 0. The van der Waals surface area contributed by atoms with Gasteiger partial charge in [-0.05, 0) is 0 Å². The molecule has 0 atom stereocenters. The Morgan fingerprint density at radius 2 is 0.750 bits per heavy atom. The molecule has 0 unspecified atom stereocenters. The first-order valence-electron chi connectivity index (χ1n) is 0. The Morgan fingerprint density at radius 3 is 0.750 bits per heavy atom. The molecule has 0 spiro atoms. The van der Waals surface area contributed by atoms with E-state index in [0.717, 1.165) is 0 Å². The third kappa shape index (κ3) is 8.88. The van der Waals surface area contributed by atoms with Gasteiger partial charge in [0.15, 0.2) is 0 Å². The van der Waals surface area contributed by atoms with Crippen molar-refractivity contribution in [1.82, 2.24) is 0 Å². The Morgan fingerprint density at radius 1 is 0.750 bits per heavy atom. The Hall–Kier alpha value is 2.98. The predicted octanol–water partition coefficient (Wildman–Crippen LogP) is -7.02. The summed E-state index contributed by atoms with van der Waals surface area (Å²) in [4.78, 5) is 0. The SMILES string of the molecule is [Cl-].[Cl-].[KH].[Mg+2]. The van der Waals surface area contributed by atoms with Crippen LogP contribution in [0.1, 0.15) is 0 Å². The third-order valence-corrected chi connectivity index (χ3v) is 0. The Bertz CT molecular complexity index is 6.00. The predicted molar refractivity (Wildman–Crippen MR) is 12.9 cm³/mol. The monoisotopic (exact) mass is 134 g/mol. The molecule has 18 valence electrons. The summed E-state index contributed by atoms with van der Waals surface area (Å²) in [6.45, 7) is 0. The van der Waals surface area contributed by atoms with Crippen LogP contribution in [0.2, 0.25) is 0 Å². The molecule has 0 aromatic heterocycles. The normalized spacial score (nSPS) is 0. The van der Waals surface area contributed by atoms with Crippen molar-refractivity contribution < 1.29 is 24.8 Å². The largest absolute Gasteiger partial charge is 2.00 e. The fourth-order valence-electron chi connectivity index (χ4n) is 0. The van der Waals surface area contributed by atoms with Gasteiger partial charge in [-0.15, -0.1) is 0 Å². The smallest absolute Gasteiger partial charge is 2.00 e. The van der Waals surface area contributed by atoms with Crippen molar-refractivity contribution in [2.45, 2.75) is 0 Å². The molecule has 0 N–H and O–H groups in total. The molecular weight excluding hydrogens is 134 g/mol. The summed E-state index contributed by atoms with van der Waals surface area (Å²) in [5.74, 6) is 0. The molecular formula is HCl2KMg. The van der Waals surface area contributed by atoms with Crippen LogP contribution in [0.4, 0.5) is 0 Å². The molecule has 0 saturated heterocycles. The van der Waals surface area contributed by atoms with Crippen LogP contribution in [0.5, 0.6) is 0 Å². The second kappa shape index (κ2) is 16.7. The van der Waals surface area contributed by atoms with Crippen LogP contribution in [0.15, 0.2) is 0 Å². The van der Waals surface area contributed by atoms with Crippen LogP contribution in [0, 0.1) is 0 Å². The van der Waals surface area contributed by atoms with E-state index in [1.165, 1.54) is 0 Å². The Labute approximate surface area is 96.9 Å². The van der Waals surface area contributed by atoms with Crippen molar-refractivity contribution in [2.75, 3.05) is 0 Å². The maximum atomic E-state index is 0. The first kappa shape index (κ1) is 28.1. The van der Waals surface area contributed by atoms with E-state index in [2.05, 4.69) is 0 Å². The second-order valence-corrected chi connectivity index (χ2v) is 0. The van der Waals surface area contributed by atoms with E-state index in [1.54, 1.807) is 0 Å². The van der Waals surface area contributed by atoms with E-state index in [0.29, 0.717) is 0 Å². The summed E-state index contributed by atoms with van der Waals surface area (Å²) in [6, 6.07) is 0. The quantitative estimate of drug-likeness (QED) is 0.290. The van der Waals surface area contributed by atoms with Crippen molar-refractivity contribution in [2.24, 2.45) is 0 Å². The molecule has 0 saturated carbocycles. The Kier molecular flexibility index (Phi) is 117. The van der Waals surface area contributed by atoms with Gasteiger partial charge in [0, 0.05) is 0 Å². The van der Waals surface area contributed by atoms with Gasteiger partial charge in [0.05, 0.1) is 0 Å². The topological polar surface area (TPSA) is 0 Å². The first-order valence-corrected chi connectivity index (χ1v) is 0. The Balaban J connectivity index is 0. The number of hydrogen-bond acceptors (Lipinski definition) is 0. The zero-order chi connectivity index (χ0) is 0. The van der Waals surface area contributed by atoms with Gasteiger partial charge < -0.3 is 24.8 Å². The van der Waals surface area contributed by atoms with E-state index in [1.807, 2.05) is 0 Å². The second-order valence-electron chi connectivity index (χ2n) is 0. The molecule has 0 nitrogen and oxygen atoms in total. The van der Waals surface area contributed by atoms with E-state index in [4.69, 9.17) is 0 Å². The van der Waals surface area contributed by atoms with Crippen molar-refractivity contribution in [3.63, 3.8) is 0 Å².